The Morgan fingerprint density at radius 2 is 1.90 bits per heavy atom. The molecule has 2 aromatic rings. The van der Waals surface area contributed by atoms with Gasteiger partial charge in [0.2, 0.25) is 4.77 Å². The Morgan fingerprint density at radius 1 is 1.20 bits per heavy atom. The lowest BCUT2D eigenvalue weighted by atomic mass is 10.00. The van der Waals surface area contributed by atoms with E-state index in [-0.39, 0.29) is 0 Å². The molecule has 2 heterocycles. The minimum absolute atomic E-state index is 0.646. The Labute approximate surface area is 124 Å². The van der Waals surface area contributed by atoms with Crippen molar-refractivity contribution in [2.45, 2.75) is 26.4 Å². The van der Waals surface area contributed by atoms with Crippen LogP contribution in [0.2, 0.25) is 0 Å². The van der Waals surface area contributed by atoms with Gasteiger partial charge >= 0.3 is 0 Å². The van der Waals surface area contributed by atoms with Gasteiger partial charge in [-0.1, -0.05) is 25.1 Å². The lowest BCUT2D eigenvalue weighted by Crippen LogP contribution is -2.35. The summed E-state index contributed by atoms with van der Waals surface area (Å²) in [6, 6.07) is 10.2. The lowest BCUT2D eigenvalue weighted by Gasteiger charge is -2.30. The van der Waals surface area contributed by atoms with Gasteiger partial charge in [-0.15, -0.1) is 0 Å². The average molecular weight is 288 g/mol. The van der Waals surface area contributed by atoms with Gasteiger partial charge in [0.25, 0.3) is 0 Å². The van der Waals surface area contributed by atoms with Gasteiger partial charge in [-0.3, -0.25) is 4.90 Å². The molecule has 1 aliphatic heterocycles. The van der Waals surface area contributed by atoms with Crippen LogP contribution in [0.3, 0.4) is 0 Å². The molecule has 4 nitrogen and oxygen atoms in total. The fraction of sp³-hybridized carbons (Fsp3) is 0.467. The number of piperidine rings is 1. The van der Waals surface area contributed by atoms with Crippen molar-refractivity contribution in [1.82, 2.24) is 19.2 Å². The number of para-hydroxylation sites is 1. The van der Waals surface area contributed by atoms with Crippen molar-refractivity contribution in [3.8, 4) is 5.69 Å². The number of likely N-dealkylation sites (tertiary alicyclic amines) is 1. The molecule has 1 aliphatic rings. The molecule has 1 aromatic carbocycles. The van der Waals surface area contributed by atoms with E-state index in [1.165, 1.54) is 12.8 Å². The van der Waals surface area contributed by atoms with E-state index in [2.05, 4.69) is 33.6 Å². The van der Waals surface area contributed by atoms with Crippen molar-refractivity contribution in [2.75, 3.05) is 13.1 Å². The fourth-order valence-corrected chi connectivity index (χ4v) is 2.83. The van der Waals surface area contributed by atoms with Gasteiger partial charge in [0.05, 0.1) is 12.4 Å². The molecule has 1 aromatic heterocycles. The summed E-state index contributed by atoms with van der Waals surface area (Å²) in [5, 5.41) is 0. The van der Waals surface area contributed by atoms with Crippen LogP contribution in [0.1, 0.15) is 19.8 Å². The standard InChI is InChI=1S/C15H20N4S/c1-13-7-9-17(10-8-13)12-19-15(20)16-11-18(19)14-5-3-2-4-6-14/h2-6,11,13H,7-10,12H2,1H3. The van der Waals surface area contributed by atoms with Gasteiger partial charge in [0, 0.05) is 13.1 Å². The molecule has 1 saturated heterocycles. The summed E-state index contributed by atoms with van der Waals surface area (Å²) >= 11 is 5.37. The van der Waals surface area contributed by atoms with Gasteiger partial charge in [0.15, 0.2) is 0 Å². The van der Waals surface area contributed by atoms with Crippen LogP contribution in [0.4, 0.5) is 0 Å². The molecule has 20 heavy (non-hydrogen) atoms. The molecular formula is C15H20N4S. The molecule has 3 rings (SSSR count). The van der Waals surface area contributed by atoms with Crippen LogP contribution < -0.4 is 0 Å². The van der Waals surface area contributed by atoms with Crippen molar-refractivity contribution >= 4 is 12.2 Å². The average Bonchev–Trinajstić information content (AvgIpc) is 2.84. The first kappa shape index (κ1) is 13.5. The smallest absolute Gasteiger partial charge is 0.217 e. The normalized spacial score (nSPS) is 17.4. The largest absolute Gasteiger partial charge is 0.284 e. The van der Waals surface area contributed by atoms with Crippen molar-refractivity contribution < 1.29 is 0 Å². The van der Waals surface area contributed by atoms with Gasteiger partial charge < -0.3 is 0 Å². The van der Waals surface area contributed by atoms with Gasteiger partial charge in [-0.25, -0.2) is 14.3 Å². The second-order valence-corrected chi connectivity index (χ2v) is 5.91. The number of nitrogens with zero attached hydrogens (tertiary/aromatic N) is 4. The van der Waals surface area contributed by atoms with Gasteiger partial charge in [0.1, 0.15) is 6.33 Å². The van der Waals surface area contributed by atoms with E-state index in [1.54, 1.807) is 0 Å². The van der Waals surface area contributed by atoms with E-state index in [0.717, 1.165) is 31.4 Å². The summed E-state index contributed by atoms with van der Waals surface area (Å²) in [6.45, 7) is 5.43. The second kappa shape index (κ2) is 5.89. The highest BCUT2D eigenvalue weighted by Crippen LogP contribution is 2.17. The van der Waals surface area contributed by atoms with Crippen LogP contribution in [0.5, 0.6) is 0 Å². The predicted molar refractivity (Wildman–Crippen MR) is 82.4 cm³/mol. The minimum Gasteiger partial charge on any atom is -0.284 e. The molecule has 5 heteroatoms. The van der Waals surface area contributed by atoms with Gasteiger partial charge in [-0.05, 0) is 43.1 Å². The van der Waals surface area contributed by atoms with Crippen LogP contribution in [-0.2, 0) is 6.67 Å². The number of hydrogen-bond donors (Lipinski definition) is 0. The molecule has 0 atom stereocenters. The highest BCUT2D eigenvalue weighted by molar-refractivity contribution is 7.71. The van der Waals surface area contributed by atoms with E-state index in [0.29, 0.717) is 4.77 Å². The van der Waals surface area contributed by atoms with Crippen LogP contribution in [0.15, 0.2) is 36.7 Å². The van der Waals surface area contributed by atoms with Crippen LogP contribution in [-0.4, -0.2) is 32.3 Å². The fourth-order valence-electron chi connectivity index (χ4n) is 2.63. The third-order valence-electron chi connectivity index (χ3n) is 3.99. The van der Waals surface area contributed by atoms with Crippen LogP contribution in [0, 0.1) is 10.7 Å². The van der Waals surface area contributed by atoms with Gasteiger partial charge in [-0.2, -0.15) is 0 Å². The highest BCUT2D eigenvalue weighted by atomic mass is 32.1. The van der Waals surface area contributed by atoms with Crippen molar-refractivity contribution in [1.29, 1.82) is 0 Å². The van der Waals surface area contributed by atoms with Crippen molar-refractivity contribution in [3.63, 3.8) is 0 Å². The molecule has 1 fully saturated rings. The molecule has 0 N–H and O–H groups in total. The van der Waals surface area contributed by atoms with E-state index in [4.69, 9.17) is 12.2 Å². The number of aromatic nitrogens is 3. The Morgan fingerprint density at radius 3 is 2.60 bits per heavy atom. The Hall–Kier alpha value is -1.46. The maximum atomic E-state index is 5.37. The number of hydrogen-bond acceptors (Lipinski definition) is 3. The molecule has 0 radical (unpaired) electrons. The third kappa shape index (κ3) is 2.83. The number of benzene rings is 1. The summed E-state index contributed by atoms with van der Waals surface area (Å²) < 4.78 is 4.76. The molecular weight excluding hydrogens is 268 g/mol. The first-order valence-corrected chi connectivity index (χ1v) is 7.57. The quantitative estimate of drug-likeness (QED) is 0.812. The topological polar surface area (TPSA) is 26.0 Å². The monoisotopic (exact) mass is 288 g/mol. The Balaban J connectivity index is 1.83. The molecule has 0 saturated carbocycles. The van der Waals surface area contributed by atoms with Crippen molar-refractivity contribution in [2.24, 2.45) is 5.92 Å². The third-order valence-corrected chi connectivity index (χ3v) is 4.31. The highest BCUT2D eigenvalue weighted by Gasteiger charge is 2.17. The zero-order valence-electron chi connectivity index (χ0n) is 11.8. The lowest BCUT2D eigenvalue weighted by molar-refractivity contribution is 0.141. The first-order chi connectivity index (χ1) is 9.74. The first-order valence-electron chi connectivity index (χ1n) is 7.16. The summed E-state index contributed by atoms with van der Waals surface area (Å²) in [5.74, 6) is 0.846. The Bertz CT molecular complexity index is 608. The number of rotatable bonds is 3. The molecule has 0 aliphatic carbocycles. The van der Waals surface area contributed by atoms with Crippen LogP contribution in [0.25, 0.3) is 5.69 Å². The predicted octanol–water partition coefficient (Wildman–Crippen LogP) is 3.09. The SMILES string of the molecule is CC1CCN(Cn2c(=S)ncn2-c2ccccc2)CC1. The maximum absolute atomic E-state index is 5.37. The molecule has 0 unspecified atom stereocenters. The van der Waals surface area contributed by atoms with E-state index in [9.17, 15) is 0 Å². The molecule has 0 amide bonds. The second-order valence-electron chi connectivity index (χ2n) is 5.55. The minimum atomic E-state index is 0.646. The zero-order chi connectivity index (χ0) is 13.9. The molecule has 0 bridgehead atoms. The van der Waals surface area contributed by atoms with Crippen LogP contribution >= 0.6 is 12.2 Å². The molecule has 106 valence electrons. The van der Waals surface area contributed by atoms with E-state index >= 15 is 0 Å². The summed E-state index contributed by atoms with van der Waals surface area (Å²) in [5.41, 5.74) is 1.10. The summed E-state index contributed by atoms with van der Waals surface area (Å²) in [7, 11) is 0. The Kier molecular flexibility index (Phi) is 3.98. The summed E-state index contributed by atoms with van der Waals surface area (Å²) in [6.07, 6.45) is 4.35. The molecule has 0 spiro atoms. The summed E-state index contributed by atoms with van der Waals surface area (Å²) in [4.78, 5) is 6.74. The van der Waals surface area contributed by atoms with E-state index < -0.39 is 0 Å². The van der Waals surface area contributed by atoms with E-state index in [1.807, 2.05) is 29.2 Å². The zero-order valence-corrected chi connectivity index (χ0v) is 12.6. The maximum Gasteiger partial charge on any atom is 0.217 e. The van der Waals surface area contributed by atoms with Crippen molar-refractivity contribution in [3.05, 3.63) is 41.4 Å².